The summed E-state index contributed by atoms with van der Waals surface area (Å²) in [7, 11) is -0.870. The van der Waals surface area contributed by atoms with E-state index in [1.807, 2.05) is 13.8 Å². The number of hydrogen-bond acceptors (Lipinski definition) is 15. The number of hydrogen-bond donors (Lipinski definition) is 0. The van der Waals surface area contributed by atoms with E-state index in [1.165, 1.54) is 6.33 Å². The summed E-state index contributed by atoms with van der Waals surface area (Å²) >= 11 is 6.27. The van der Waals surface area contributed by atoms with E-state index in [0.717, 1.165) is 0 Å². The first-order valence-corrected chi connectivity index (χ1v) is 20.0. The molecule has 0 aliphatic heterocycles. The number of imidazole rings is 1. The van der Waals surface area contributed by atoms with Crippen LogP contribution in [-0.2, 0) is 60.6 Å². The molecule has 2 rings (SSSR count). The van der Waals surface area contributed by atoms with Gasteiger partial charge in [-0.1, -0.05) is 11.6 Å². The molecule has 0 N–H and O–H groups in total. The van der Waals surface area contributed by atoms with E-state index in [0.29, 0.717) is 11.2 Å². The predicted molar refractivity (Wildman–Crippen MR) is 179 cm³/mol. The van der Waals surface area contributed by atoms with Crippen molar-refractivity contribution in [3.05, 3.63) is 17.8 Å². The van der Waals surface area contributed by atoms with Gasteiger partial charge in [-0.3, -0.25) is 9.13 Å². The smallest absolute Gasteiger partial charge is 0.356 e. The summed E-state index contributed by atoms with van der Waals surface area (Å²) < 4.78 is 84.2. The third-order valence-corrected chi connectivity index (χ3v) is 11.6. The van der Waals surface area contributed by atoms with Gasteiger partial charge in [0.2, 0.25) is 21.0 Å². The van der Waals surface area contributed by atoms with Crippen molar-refractivity contribution in [3.8, 4) is 0 Å². The zero-order valence-corrected chi connectivity index (χ0v) is 33.3. The van der Waals surface area contributed by atoms with Gasteiger partial charge >= 0.3 is 15.2 Å². The molecule has 2 unspecified atom stereocenters. The van der Waals surface area contributed by atoms with Gasteiger partial charge in [-0.25, -0.2) is 15.0 Å². The standard InChI is InChI=1S/C27H47ClN4O12P2Si2/c1-9-39-45(33,40-10-2)19-37-26(7,43-47)13-15-35-24(25(5,6)32-18-31-21-22(28)29-17-30-23(21)32)36-16-14-27(8,44-48)38-20-46(34,41-11-3)42-12-4/h17-18,24H,9-16,19-20H2,1-8H3. The van der Waals surface area contributed by atoms with Crippen molar-refractivity contribution in [3.63, 3.8) is 0 Å². The van der Waals surface area contributed by atoms with Crippen LogP contribution in [0, 0.1) is 0 Å². The molecule has 16 nitrogen and oxygen atoms in total. The molecular formula is C27H47ClN4O12P2Si2. The number of ether oxygens (including phenoxy) is 4. The first-order valence-electron chi connectivity index (χ1n) is 15.4. The fourth-order valence-electron chi connectivity index (χ4n) is 4.25. The maximum atomic E-state index is 13.0. The minimum atomic E-state index is -3.51. The van der Waals surface area contributed by atoms with Crippen molar-refractivity contribution in [1.82, 2.24) is 19.5 Å². The molecule has 0 saturated heterocycles. The van der Waals surface area contributed by atoms with Crippen molar-refractivity contribution in [1.29, 1.82) is 0 Å². The number of halogens is 1. The van der Waals surface area contributed by atoms with Crippen LogP contribution in [0.15, 0.2) is 12.7 Å². The van der Waals surface area contributed by atoms with Crippen LogP contribution in [0.25, 0.3) is 11.2 Å². The van der Waals surface area contributed by atoms with Gasteiger partial charge in [-0.15, -0.1) is 0 Å². The molecular weight excluding hydrogens is 726 g/mol. The van der Waals surface area contributed by atoms with E-state index in [1.54, 1.807) is 52.4 Å². The van der Waals surface area contributed by atoms with Crippen LogP contribution < -0.4 is 0 Å². The molecule has 0 spiro atoms. The second-order valence-corrected chi connectivity index (χ2v) is 15.8. The summed E-state index contributed by atoms with van der Waals surface area (Å²) in [5.74, 6) is -2.58. The van der Waals surface area contributed by atoms with Crippen molar-refractivity contribution >= 4 is 58.9 Å². The first-order chi connectivity index (χ1) is 22.6. The van der Waals surface area contributed by atoms with Gasteiger partial charge in [-0.05, 0) is 55.4 Å². The number of rotatable bonds is 26. The van der Waals surface area contributed by atoms with Crippen LogP contribution in [0.5, 0.6) is 0 Å². The van der Waals surface area contributed by atoms with Crippen molar-refractivity contribution in [2.75, 3.05) is 52.3 Å². The van der Waals surface area contributed by atoms with Crippen LogP contribution in [0.1, 0.15) is 68.2 Å². The Kier molecular flexibility index (Phi) is 18.0. The molecule has 6 radical (unpaired) electrons. The van der Waals surface area contributed by atoms with Crippen LogP contribution in [-0.4, -0.2) is 111 Å². The lowest BCUT2D eigenvalue weighted by atomic mass is 10.0. The Labute approximate surface area is 294 Å². The average molecular weight is 773 g/mol. The molecule has 0 aliphatic rings. The molecule has 2 heterocycles. The molecule has 0 aliphatic carbocycles. The molecule has 0 amide bonds. The number of nitrogens with zero attached hydrogens (tertiary/aromatic N) is 4. The van der Waals surface area contributed by atoms with Gasteiger partial charge in [0.25, 0.3) is 0 Å². The van der Waals surface area contributed by atoms with Gasteiger partial charge in [0.05, 0.1) is 51.5 Å². The second-order valence-electron chi connectivity index (χ2n) is 11.1. The SMILES string of the molecule is CCOP(=O)(COC(C)(CCOC(OCCC(C)(O[Si])OCP(=O)(OCC)OCC)C(C)(C)n1cnc2c(Cl)ncnc21)O[Si])OCC. The molecule has 0 saturated carbocycles. The van der Waals surface area contributed by atoms with Crippen molar-refractivity contribution in [2.45, 2.75) is 91.6 Å². The van der Waals surface area contributed by atoms with Crippen molar-refractivity contribution in [2.24, 2.45) is 0 Å². The number of aromatic nitrogens is 4. The third-order valence-electron chi connectivity index (χ3n) is 6.93. The highest BCUT2D eigenvalue weighted by molar-refractivity contribution is 7.53. The summed E-state index contributed by atoms with van der Waals surface area (Å²) in [5, 5.41) is 0.199. The summed E-state index contributed by atoms with van der Waals surface area (Å²) in [4.78, 5) is 12.8. The highest BCUT2D eigenvalue weighted by Gasteiger charge is 2.38. The van der Waals surface area contributed by atoms with Crippen LogP contribution in [0.3, 0.4) is 0 Å². The monoisotopic (exact) mass is 772 g/mol. The van der Waals surface area contributed by atoms with Gasteiger partial charge in [0.15, 0.2) is 41.4 Å². The quantitative estimate of drug-likeness (QED) is 0.0510. The van der Waals surface area contributed by atoms with Gasteiger partial charge in [0, 0.05) is 12.8 Å². The summed E-state index contributed by atoms with van der Waals surface area (Å²) in [6.45, 7) is 14.7. The van der Waals surface area contributed by atoms with E-state index in [-0.39, 0.29) is 70.3 Å². The normalized spacial score (nSPS) is 16.2. The zero-order chi connectivity index (χ0) is 36.1. The fourth-order valence-corrected chi connectivity index (χ4v) is 7.63. The average Bonchev–Trinajstić information content (AvgIpc) is 3.49. The van der Waals surface area contributed by atoms with Crippen LogP contribution >= 0.6 is 26.8 Å². The topological polar surface area (TPSA) is 170 Å². The molecule has 0 bridgehead atoms. The maximum absolute atomic E-state index is 13.0. The Hall–Kier alpha value is -0.666. The molecule has 2 atom stereocenters. The van der Waals surface area contributed by atoms with Gasteiger partial charge in [-0.2, -0.15) is 0 Å². The summed E-state index contributed by atoms with van der Waals surface area (Å²) in [6, 6.07) is 0. The van der Waals surface area contributed by atoms with E-state index < -0.39 is 38.6 Å². The highest BCUT2D eigenvalue weighted by Crippen LogP contribution is 2.50. The van der Waals surface area contributed by atoms with E-state index in [4.69, 9.17) is 57.5 Å². The minimum absolute atomic E-state index is 0.0548. The molecule has 0 fully saturated rings. The zero-order valence-electron chi connectivity index (χ0n) is 28.8. The fraction of sp³-hybridized carbons (Fsp3) is 0.815. The lowest BCUT2D eigenvalue weighted by molar-refractivity contribution is -0.229. The minimum Gasteiger partial charge on any atom is -0.392 e. The summed E-state index contributed by atoms with van der Waals surface area (Å²) in [5.41, 5.74) is -0.0475. The Morgan fingerprint density at radius 3 is 1.60 bits per heavy atom. The number of fused-ring (bicyclic) bond motifs is 1. The van der Waals surface area contributed by atoms with E-state index >= 15 is 0 Å². The maximum Gasteiger partial charge on any atom is 0.356 e. The summed E-state index contributed by atoms with van der Waals surface area (Å²) in [6.07, 6.45) is 1.63. The lowest BCUT2D eigenvalue weighted by Gasteiger charge is -2.37. The van der Waals surface area contributed by atoms with Crippen molar-refractivity contribution < 1.29 is 55.0 Å². The Morgan fingerprint density at radius 1 is 0.771 bits per heavy atom. The molecule has 21 heteroatoms. The first kappa shape index (κ1) is 43.5. The molecule has 272 valence electrons. The second kappa shape index (κ2) is 19.8. The largest absolute Gasteiger partial charge is 0.392 e. The highest BCUT2D eigenvalue weighted by atomic mass is 35.5. The third kappa shape index (κ3) is 12.5. The molecule has 48 heavy (non-hydrogen) atoms. The van der Waals surface area contributed by atoms with E-state index in [9.17, 15) is 9.13 Å². The molecule has 2 aromatic rings. The Morgan fingerprint density at radius 2 is 1.21 bits per heavy atom. The predicted octanol–water partition coefficient (Wildman–Crippen LogP) is 5.47. The Bertz CT molecular complexity index is 1290. The lowest BCUT2D eigenvalue weighted by Crippen LogP contribution is -2.45. The van der Waals surface area contributed by atoms with Gasteiger partial charge in [0.1, 0.15) is 11.8 Å². The molecule has 0 aromatic carbocycles. The molecule has 2 aromatic heterocycles. The van der Waals surface area contributed by atoms with Crippen LogP contribution in [0.4, 0.5) is 0 Å². The van der Waals surface area contributed by atoms with Gasteiger partial charge < -0.3 is 50.5 Å². The van der Waals surface area contributed by atoms with E-state index in [2.05, 4.69) is 35.9 Å². The van der Waals surface area contributed by atoms with Crippen LogP contribution in [0.2, 0.25) is 5.15 Å². The Balaban J connectivity index is 2.25.